The van der Waals surface area contributed by atoms with Crippen LogP contribution in [0.3, 0.4) is 0 Å². The molecule has 142 valence electrons. The van der Waals surface area contributed by atoms with Gasteiger partial charge in [0.05, 0.1) is 14.2 Å². The number of rotatable bonds is 11. The van der Waals surface area contributed by atoms with Gasteiger partial charge in [0.15, 0.2) is 0 Å². The molecule has 0 aliphatic carbocycles. The molecular formula is C23H34O2Si. The quantitative estimate of drug-likeness (QED) is 0.397. The molecule has 0 radical (unpaired) electrons. The third-order valence-electron chi connectivity index (χ3n) is 5.43. The highest BCUT2D eigenvalue weighted by Crippen LogP contribution is 2.24. The highest BCUT2D eigenvalue weighted by atomic mass is 28.3. The Morgan fingerprint density at radius 3 is 1.65 bits per heavy atom. The summed E-state index contributed by atoms with van der Waals surface area (Å²) in [5, 5.41) is 2.75. The van der Waals surface area contributed by atoms with Gasteiger partial charge in [0.2, 0.25) is 0 Å². The molecule has 0 bridgehead atoms. The Morgan fingerprint density at radius 1 is 0.692 bits per heavy atom. The third kappa shape index (κ3) is 4.91. The van der Waals surface area contributed by atoms with Crippen molar-refractivity contribution in [3.05, 3.63) is 48.5 Å². The molecular weight excluding hydrogens is 336 g/mol. The molecule has 0 aliphatic rings. The molecule has 0 amide bonds. The molecule has 0 aromatic heterocycles. The zero-order chi connectivity index (χ0) is 18.8. The molecule has 3 heteroatoms. The van der Waals surface area contributed by atoms with Crippen LogP contribution in [-0.4, -0.2) is 22.3 Å². The van der Waals surface area contributed by atoms with E-state index in [1.807, 2.05) is 0 Å². The first-order valence-corrected chi connectivity index (χ1v) is 12.6. The maximum Gasteiger partial charge on any atom is 0.124 e. The molecule has 0 N–H and O–H groups in total. The Labute approximate surface area is 160 Å². The standard InChI is InChI=1S/C23H34O2Si/c1-5-6-7-8-9-14-19-26(4,22-17-12-10-15-20(22)24-2)23-18-13-11-16-21(23)25-3/h10-13,15-18H,5-9,14,19H2,1-4H3. The lowest BCUT2D eigenvalue weighted by Gasteiger charge is -2.31. The van der Waals surface area contributed by atoms with Crippen molar-refractivity contribution in [3.8, 4) is 11.5 Å². The van der Waals surface area contributed by atoms with E-state index in [2.05, 4.69) is 62.0 Å². The number of methoxy groups -OCH3 is 2. The topological polar surface area (TPSA) is 18.5 Å². The monoisotopic (exact) mass is 370 g/mol. The molecule has 2 aromatic rings. The largest absolute Gasteiger partial charge is 0.497 e. The van der Waals surface area contributed by atoms with Crippen LogP contribution < -0.4 is 19.8 Å². The van der Waals surface area contributed by atoms with Crippen LogP contribution in [0.15, 0.2) is 48.5 Å². The van der Waals surface area contributed by atoms with E-state index in [-0.39, 0.29) is 0 Å². The van der Waals surface area contributed by atoms with Gasteiger partial charge < -0.3 is 9.47 Å². The van der Waals surface area contributed by atoms with E-state index in [9.17, 15) is 0 Å². The summed E-state index contributed by atoms with van der Waals surface area (Å²) in [5.41, 5.74) is 0. The molecule has 0 heterocycles. The average molecular weight is 371 g/mol. The van der Waals surface area contributed by atoms with Gasteiger partial charge in [-0.05, 0) is 28.6 Å². The van der Waals surface area contributed by atoms with Crippen molar-refractivity contribution in [3.63, 3.8) is 0 Å². The van der Waals surface area contributed by atoms with Crippen molar-refractivity contribution in [1.82, 2.24) is 0 Å². The van der Waals surface area contributed by atoms with Crippen LogP contribution in [-0.2, 0) is 0 Å². The number of ether oxygens (including phenoxy) is 2. The number of hydrogen-bond donors (Lipinski definition) is 0. The molecule has 0 spiro atoms. The molecule has 2 rings (SSSR count). The summed E-state index contributed by atoms with van der Waals surface area (Å²) in [6, 6.07) is 18.3. The van der Waals surface area contributed by atoms with E-state index < -0.39 is 8.07 Å². The Kier molecular flexibility index (Phi) is 8.24. The van der Waals surface area contributed by atoms with Crippen LogP contribution in [0, 0.1) is 0 Å². The van der Waals surface area contributed by atoms with E-state index in [0.29, 0.717) is 0 Å². The maximum atomic E-state index is 5.74. The predicted molar refractivity (Wildman–Crippen MR) is 115 cm³/mol. The van der Waals surface area contributed by atoms with Crippen molar-refractivity contribution >= 4 is 18.4 Å². The zero-order valence-electron chi connectivity index (χ0n) is 16.9. The minimum absolute atomic E-state index is 1.01. The van der Waals surface area contributed by atoms with Crippen LogP contribution in [0.4, 0.5) is 0 Å². The van der Waals surface area contributed by atoms with Crippen molar-refractivity contribution in [2.45, 2.75) is 58.0 Å². The molecule has 0 aliphatic heterocycles. The molecule has 0 fully saturated rings. The van der Waals surface area contributed by atoms with Crippen LogP contribution in [0.5, 0.6) is 11.5 Å². The first kappa shape index (κ1) is 20.6. The Bertz CT molecular complexity index is 621. The first-order chi connectivity index (χ1) is 12.7. The number of unbranched alkanes of at least 4 members (excludes halogenated alkanes) is 5. The molecule has 0 saturated heterocycles. The normalized spacial score (nSPS) is 11.4. The number of para-hydroxylation sites is 2. The van der Waals surface area contributed by atoms with Crippen LogP contribution in [0.2, 0.25) is 12.6 Å². The molecule has 0 saturated carbocycles. The van der Waals surface area contributed by atoms with Crippen molar-refractivity contribution in [2.24, 2.45) is 0 Å². The average Bonchev–Trinajstić information content (AvgIpc) is 2.70. The Morgan fingerprint density at radius 2 is 1.15 bits per heavy atom. The van der Waals surface area contributed by atoms with Gasteiger partial charge in [-0.1, -0.05) is 88.4 Å². The van der Waals surface area contributed by atoms with E-state index in [1.165, 1.54) is 54.9 Å². The second-order valence-corrected chi connectivity index (χ2v) is 11.5. The van der Waals surface area contributed by atoms with Gasteiger partial charge in [-0.3, -0.25) is 0 Å². The number of hydrogen-bond acceptors (Lipinski definition) is 2. The lowest BCUT2D eigenvalue weighted by Crippen LogP contribution is -2.56. The first-order valence-electron chi connectivity index (χ1n) is 9.94. The minimum atomic E-state index is -1.95. The van der Waals surface area contributed by atoms with Crippen LogP contribution in [0.25, 0.3) is 0 Å². The summed E-state index contributed by atoms with van der Waals surface area (Å²) in [5.74, 6) is 2.03. The van der Waals surface area contributed by atoms with Crippen molar-refractivity contribution in [1.29, 1.82) is 0 Å². The van der Waals surface area contributed by atoms with Crippen molar-refractivity contribution in [2.75, 3.05) is 14.2 Å². The fourth-order valence-corrected chi connectivity index (χ4v) is 8.05. The van der Waals surface area contributed by atoms with Gasteiger partial charge in [0.25, 0.3) is 0 Å². The molecule has 2 aromatic carbocycles. The van der Waals surface area contributed by atoms with Crippen molar-refractivity contribution < 1.29 is 9.47 Å². The fourth-order valence-electron chi connectivity index (χ4n) is 3.87. The molecule has 0 atom stereocenters. The third-order valence-corrected chi connectivity index (χ3v) is 9.99. The lowest BCUT2D eigenvalue weighted by atomic mass is 10.1. The summed E-state index contributed by atoms with van der Waals surface area (Å²) in [6.45, 7) is 4.74. The maximum absolute atomic E-state index is 5.74. The minimum Gasteiger partial charge on any atom is -0.497 e. The SMILES string of the molecule is CCCCCCCC[Si](C)(c1ccccc1OC)c1ccccc1OC. The number of benzene rings is 2. The zero-order valence-corrected chi connectivity index (χ0v) is 17.9. The van der Waals surface area contributed by atoms with E-state index in [4.69, 9.17) is 9.47 Å². The lowest BCUT2D eigenvalue weighted by molar-refractivity contribution is 0.416. The van der Waals surface area contributed by atoms with E-state index in [1.54, 1.807) is 14.2 Å². The van der Waals surface area contributed by atoms with Crippen LogP contribution >= 0.6 is 0 Å². The summed E-state index contributed by atoms with van der Waals surface area (Å²) < 4.78 is 11.5. The second-order valence-electron chi connectivity index (χ2n) is 7.25. The smallest absolute Gasteiger partial charge is 0.124 e. The fraction of sp³-hybridized carbons (Fsp3) is 0.478. The molecule has 2 nitrogen and oxygen atoms in total. The highest BCUT2D eigenvalue weighted by molar-refractivity contribution is 7.02. The Balaban J connectivity index is 2.32. The predicted octanol–water partition coefficient (Wildman–Crippen LogP) is 5.26. The summed E-state index contributed by atoms with van der Waals surface area (Å²) >= 11 is 0. The van der Waals surface area contributed by atoms with E-state index >= 15 is 0 Å². The molecule has 26 heavy (non-hydrogen) atoms. The van der Waals surface area contributed by atoms with E-state index in [0.717, 1.165) is 11.5 Å². The summed E-state index contributed by atoms with van der Waals surface area (Å²) in [7, 11) is 1.61. The second kappa shape index (κ2) is 10.4. The molecule has 0 unspecified atom stereocenters. The van der Waals surface area contributed by atoms with Crippen LogP contribution in [0.1, 0.15) is 45.4 Å². The van der Waals surface area contributed by atoms with Gasteiger partial charge in [-0.15, -0.1) is 0 Å². The summed E-state index contributed by atoms with van der Waals surface area (Å²) in [4.78, 5) is 0. The summed E-state index contributed by atoms with van der Waals surface area (Å²) in [6.07, 6.45) is 7.94. The van der Waals surface area contributed by atoms with Gasteiger partial charge in [-0.2, -0.15) is 0 Å². The van der Waals surface area contributed by atoms with Gasteiger partial charge >= 0.3 is 0 Å². The Hall–Kier alpha value is -1.74. The van der Waals surface area contributed by atoms with Gasteiger partial charge in [0, 0.05) is 0 Å². The highest BCUT2D eigenvalue weighted by Gasteiger charge is 2.36. The van der Waals surface area contributed by atoms with Gasteiger partial charge in [0.1, 0.15) is 19.6 Å². The van der Waals surface area contributed by atoms with Gasteiger partial charge in [-0.25, -0.2) is 0 Å².